The summed E-state index contributed by atoms with van der Waals surface area (Å²) in [5.41, 5.74) is 1.88. The molecule has 1 aliphatic heterocycles. The van der Waals surface area contributed by atoms with Crippen molar-refractivity contribution >= 4 is 33.4 Å². The Kier molecular flexibility index (Phi) is 5.36. The molecule has 1 amide bonds. The summed E-state index contributed by atoms with van der Waals surface area (Å²) in [6.45, 7) is 4.07. The van der Waals surface area contributed by atoms with E-state index >= 15 is 0 Å². The first-order valence-electron chi connectivity index (χ1n) is 7.64. The monoisotopic (exact) mass is 392 g/mol. The summed E-state index contributed by atoms with van der Waals surface area (Å²) in [5.74, 6) is 0.106. The molecule has 1 fully saturated rings. The number of carbonyl (C=O) groups is 1. The standard InChI is InChI=1S/C18H18BrClN2O/c19-16-7-5-14(6-8-16)18(23)22-11-9-21(10-12-22)13-15-3-1-2-4-17(15)20/h1-8H,9-13H2. The van der Waals surface area contributed by atoms with Gasteiger partial charge in [-0.2, -0.15) is 0 Å². The van der Waals surface area contributed by atoms with E-state index in [0.717, 1.165) is 53.3 Å². The van der Waals surface area contributed by atoms with Crippen molar-refractivity contribution in [2.75, 3.05) is 26.2 Å². The van der Waals surface area contributed by atoms with E-state index in [1.54, 1.807) is 0 Å². The van der Waals surface area contributed by atoms with E-state index < -0.39 is 0 Å². The predicted molar refractivity (Wildman–Crippen MR) is 96.8 cm³/mol. The maximum atomic E-state index is 12.5. The van der Waals surface area contributed by atoms with Crippen LogP contribution in [0.25, 0.3) is 0 Å². The molecule has 3 nitrogen and oxygen atoms in total. The third kappa shape index (κ3) is 4.14. The summed E-state index contributed by atoms with van der Waals surface area (Å²) in [5, 5.41) is 0.806. The highest BCUT2D eigenvalue weighted by Gasteiger charge is 2.22. The van der Waals surface area contributed by atoms with Gasteiger partial charge in [0.1, 0.15) is 0 Å². The number of nitrogens with zero attached hydrogens (tertiary/aromatic N) is 2. The van der Waals surface area contributed by atoms with Crippen molar-refractivity contribution in [3.63, 3.8) is 0 Å². The molecule has 0 bridgehead atoms. The highest BCUT2D eigenvalue weighted by atomic mass is 79.9. The van der Waals surface area contributed by atoms with Gasteiger partial charge in [0.05, 0.1) is 0 Å². The maximum absolute atomic E-state index is 12.5. The second-order valence-corrected chi connectivity index (χ2v) is 6.99. The molecular formula is C18H18BrClN2O. The number of benzene rings is 2. The number of rotatable bonds is 3. The number of piperazine rings is 1. The number of halogens is 2. The molecule has 1 aliphatic rings. The number of hydrogen-bond acceptors (Lipinski definition) is 2. The molecule has 0 aromatic heterocycles. The Hall–Kier alpha value is -1.36. The van der Waals surface area contributed by atoms with E-state index in [9.17, 15) is 4.79 Å². The van der Waals surface area contributed by atoms with Crippen LogP contribution in [0.3, 0.4) is 0 Å². The van der Waals surface area contributed by atoms with Crippen molar-refractivity contribution in [2.24, 2.45) is 0 Å². The van der Waals surface area contributed by atoms with Crippen LogP contribution in [0.5, 0.6) is 0 Å². The van der Waals surface area contributed by atoms with Crippen LogP contribution in [0.2, 0.25) is 5.02 Å². The average molecular weight is 394 g/mol. The zero-order valence-electron chi connectivity index (χ0n) is 12.7. The van der Waals surface area contributed by atoms with E-state index in [4.69, 9.17) is 11.6 Å². The van der Waals surface area contributed by atoms with Crippen molar-refractivity contribution in [1.82, 2.24) is 9.80 Å². The maximum Gasteiger partial charge on any atom is 0.253 e. The van der Waals surface area contributed by atoms with Crippen molar-refractivity contribution in [3.05, 3.63) is 69.2 Å². The molecule has 5 heteroatoms. The van der Waals surface area contributed by atoms with E-state index in [-0.39, 0.29) is 5.91 Å². The third-order valence-electron chi connectivity index (χ3n) is 4.10. The summed E-state index contributed by atoms with van der Waals surface area (Å²) in [4.78, 5) is 16.8. The third-order valence-corrected chi connectivity index (χ3v) is 5.00. The summed E-state index contributed by atoms with van der Waals surface area (Å²) in [7, 11) is 0. The molecule has 0 atom stereocenters. The SMILES string of the molecule is O=C(c1ccc(Br)cc1)N1CCN(Cc2ccccc2Cl)CC1. The molecule has 2 aromatic rings. The lowest BCUT2D eigenvalue weighted by Crippen LogP contribution is -2.48. The molecule has 0 unspecified atom stereocenters. The molecule has 0 spiro atoms. The molecule has 0 saturated carbocycles. The molecule has 0 aliphatic carbocycles. The van der Waals surface area contributed by atoms with Crippen molar-refractivity contribution < 1.29 is 4.79 Å². The minimum absolute atomic E-state index is 0.106. The van der Waals surface area contributed by atoms with Gasteiger partial charge in [-0.25, -0.2) is 0 Å². The lowest BCUT2D eigenvalue weighted by atomic mass is 10.1. The molecule has 1 heterocycles. The van der Waals surface area contributed by atoms with Crippen LogP contribution in [0.4, 0.5) is 0 Å². The molecule has 2 aromatic carbocycles. The molecular weight excluding hydrogens is 376 g/mol. The Labute approximate surface area is 150 Å². The van der Waals surface area contributed by atoms with Gasteiger partial charge in [-0.1, -0.05) is 45.7 Å². The molecule has 120 valence electrons. The van der Waals surface area contributed by atoms with Crippen LogP contribution >= 0.6 is 27.5 Å². The van der Waals surface area contributed by atoms with Crippen molar-refractivity contribution in [2.45, 2.75) is 6.54 Å². The van der Waals surface area contributed by atoms with Gasteiger partial charge in [-0.05, 0) is 35.9 Å². The van der Waals surface area contributed by atoms with E-state index in [0.29, 0.717) is 0 Å². The van der Waals surface area contributed by atoms with Crippen LogP contribution in [0, 0.1) is 0 Å². The topological polar surface area (TPSA) is 23.6 Å². The molecule has 1 saturated heterocycles. The fraction of sp³-hybridized carbons (Fsp3) is 0.278. The van der Waals surface area contributed by atoms with Gasteiger partial charge in [-0.3, -0.25) is 9.69 Å². The van der Waals surface area contributed by atoms with Gasteiger partial charge in [0, 0.05) is 47.8 Å². The van der Waals surface area contributed by atoms with Crippen LogP contribution in [-0.4, -0.2) is 41.9 Å². The van der Waals surface area contributed by atoms with Crippen molar-refractivity contribution in [3.8, 4) is 0 Å². The Balaban J connectivity index is 1.57. The highest BCUT2D eigenvalue weighted by Crippen LogP contribution is 2.19. The van der Waals surface area contributed by atoms with Gasteiger partial charge < -0.3 is 4.90 Å². The zero-order chi connectivity index (χ0) is 16.2. The Morgan fingerprint density at radius 3 is 2.30 bits per heavy atom. The van der Waals surface area contributed by atoms with Crippen LogP contribution in [0.15, 0.2) is 53.0 Å². The van der Waals surface area contributed by atoms with Gasteiger partial charge in [0.2, 0.25) is 0 Å². The lowest BCUT2D eigenvalue weighted by Gasteiger charge is -2.35. The number of carbonyl (C=O) groups excluding carboxylic acids is 1. The van der Waals surface area contributed by atoms with E-state index in [1.807, 2.05) is 47.4 Å². The predicted octanol–water partition coefficient (Wildman–Crippen LogP) is 4.06. The van der Waals surface area contributed by atoms with Crippen LogP contribution in [0.1, 0.15) is 15.9 Å². The number of amides is 1. The van der Waals surface area contributed by atoms with Crippen LogP contribution < -0.4 is 0 Å². The Morgan fingerprint density at radius 1 is 1.00 bits per heavy atom. The summed E-state index contributed by atoms with van der Waals surface area (Å²) < 4.78 is 0.985. The second-order valence-electron chi connectivity index (χ2n) is 5.67. The first-order chi connectivity index (χ1) is 11.1. The normalized spacial score (nSPS) is 15.7. The first kappa shape index (κ1) is 16.5. The summed E-state index contributed by atoms with van der Waals surface area (Å²) in [6, 6.07) is 15.5. The number of hydrogen-bond donors (Lipinski definition) is 0. The Morgan fingerprint density at radius 2 is 1.65 bits per heavy atom. The lowest BCUT2D eigenvalue weighted by molar-refractivity contribution is 0.0628. The van der Waals surface area contributed by atoms with E-state index in [2.05, 4.69) is 26.9 Å². The Bertz CT molecular complexity index is 682. The fourth-order valence-corrected chi connectivity index (χ4v) is 3.21. The molecule has 23 heavy (non-hydrogen) atoms. The highest BCUT2D eigenvalue weighted by molar-refractivity contribution is 9.10. The average Bonchev–Trinajstić information content (AvgIpc) is 2.58. The van der Waals surface area contributed by atoms with E-state index in [1.165, 1.54) is 0 Å². The second kappa shape index (κ2) is 7.47. The molecule has 0 radical (unpaired) electrons. The summed E-state index contributed by atoms with van der Waals surface area (Å²) >= 11 is 9.61. The zero-order valence-corrected chi connectivity index (χ0v) is 15.1. The molecule has 0 N–H and O–H groups in total. The minimum atomic E-state index is 0.106. The van der Waals surface area contributed by atoms with Crippen LogP contribution in [-0.2, 0) is 6.54 Å². The smallest absolute Gasteiger partial charge is 0.253 e. The van der Waals surface area contributed by atoms with Gasteiger partial charge in [0.15, 0.2) is 0 Å². The quantitative estimate of drug-likeness (QED) is 0.785. The first-order valence-corrected chi connectivity index (χ1v) is 8.81. The van der Waals surface area contributed by atoms with Gasteiger partial charge >= 0.3 is 0 Å². The van der Waals surface area contributed by atoms with Gasteiger partial charge in [-0.15, -0.1) is 0 Å². The molecule has 3 rings (SSSR count). The summed E-state index contributed by atoms with van der Waals surface area (Å²) in [6.07, 6.45) is 0. The van der Waals surface area contributed by atoms with Crippen molar-refractivity contribution in [1.29, 1.82) is 0 Å². The largest absolute Gasteiger partial charge is 0.336 e. The minimum Gasteiger partial charge on any atom is -0.336 e. The van der Waals surface area contributed by atoms with Gasteiger partial charge in [0.25, 0.3) is 5.91 Å². The fourth-order valence-electron chi connectivity index (χ4n) is 2.75.